The summed E-state index contributed by atoms with van der Waals surface area (Å²) in [6.45, 7) is -1.41. The van der Waals surface area contributed by atoms with Gasteiger partial charge in [-0.25, -0.2) is 9.36 Å². The van der Waals surface area contributed by atoms with Crippen molar-refractivity contribution in [2.24, 2.45) is 0 Å². The topological polar surface area (TPSA) is 221 Å². The first-order valence-corrected chi connectivity index (χ1v) is 9.01. The zero-order valence-electron chi connectivity index (χ0n) is 13.6. The first-order chi connectivity index (χ1) is 12.5. The fourth-order valence-corrected chi connectivity index (χ4v) is 2.75. The van der Waals surface area contributed by atoms with Crippen LogP contribution in [0.2, 0.25) is 0 Å². The second kappa shape index (κ2) is 8.41. The van der Waals surface area contributed by atoms with Crippen LogP contribution >= 0.6 is 7.82 Å². The number of aromatic nitrogens is 2. The molecule has 2 rings (SSSR count). The number of carbonyl (C=O) groups is 1. The standard InChI is InChI=1S/C12H18N3O11P/c16-7(17)2-13-1-5-3-15(12(21)14-10(5)20)11-9(19)8(18)6(26-11)4-25-27(22,23)24/h3,6,8-9,11,13,18-19H,1-2,4H2,(H,16,17)(H,14,20,21)(H2,22,23,24)/t6-,8-,9-,11-/m1/s1. The summed E-state index contributed by atoms with van der Waals surface area (Å²) in [7, 11) is -4.85. The second-order valence-electron chi connectivity index (χ2n) is 5.65. The van der Waals surface area contributed by atoms with Gasteiger partial charge in [-0.05, 0) is 0 Å². The number of hydrogen-bond donors (Lipinski definition) is 7. The van der Waals surface area contributed by atoms with Crippen LogP contribution in [0.3, 0.4) is 0 Å². The van der Waals surface area contributed by atoms with Gasteiger partial charge in [-0.15, -0.1) is 0 Å². The van der Waals surface area contributed by atoms with E-state index < -0.39 is 62.7 Å². The molecule has 0 bridgehead atoms. The van der Waals surface area contributed by atoms with Gasteiger partial charge in [0.2, 0.25) is 0 Å². The van der Waals surface area contributed by atoms with E-state index in [1.165, 1.54) is 0 Å². The van der Waals surface area contributed by atoms with Gasteiger partial charge in [0.1, 0.15) is 18.3 Å². The Balaban J connectivity index is 2.21. The zero-order chi connectivity index (χ0) is 20.4. The number of phosphoric ester groups is 1. The highest BCUT2D eigenvalue weighted by Gasteiger charge is 2.45. The molecule has 1 aliphatic heterocycles. The summed E-state index contributed by atoms with van der Waals surface area (Å²) in [6.07, 6.45) is -5.12. The molecule has 0 aliphatic carbocycles. The van der Waals surface area contributed by atoms with Gasteiger partial charge < -0.3 is 35.2 Å². The summed E-state index contributed by atoms with van der Waals surface area (Å²) in [5.74, 6) is -1.16. The normalized spacial score (nSPS) is 25.6. The van der Waals surface area contributed by atoms with Crippen LogP contribution in [-0.4, -0.2) is 72.1 Å². The Morgan fingerprint density at radius 3 is 2.59 bits per heavy atom. The highest BCUT2D eigenvalue weighted by Crippen LogP contribution is 2.38. The van der Waals surface area contributed by atoms with Crippen molar-refractivity contribution in [2.45, 2.75) is 31.1 Å². The number of nitrogens with zero attached hydrogens (tertiary/aromatic N) is 1. The van der Waals surface area contributed by atoms with Crippen molar-refractivity contribution in [1.82, 2.24) is 14.9 Å². The molecule has 0 unspecified atom stereocenters. The lowest BCUT2D eigenvalue weighted by atomic mass is 10.1. The SMILES string of the molecule is O=C(O)CNCc1cn([C@@H]2O[C@H](COP(=O)(O)O)[C@@H](O)[C@H]2O)c(=O)[nH]c1=O. The lowest BCUT2D eigenvalue weighted by Gasteiger charge is -2.18. The van der Waals surface area contributed by atoms with E-state index in [-0.39, 0.29) is 12.1 Å². The largest absolute Gasteiger partial charge is 0.480 e. The van der Waals surface area contributed by atoms with E-state index in [2.05, 4.69) is 9.84 Å². The van der Waals surface area contributed by atoms with E-state index >= 15 is 0 Å². The van der Waals surface area contributed by atoms with E-state index in [9.17, 15) is 29.2 Å². The molecule has 0 spiro atoms. The van der Waals surface area contributed by atoms with Gasteiger partial charge in [0.05, 0.1) is 13.2 Å². The van der Waals surface area contributed by atoms with Crippen LogP contribution in [0, 0.1) is 0 Å². The molecule has 27 heavy (non-hydrogen) atoms. The molecule has 7 N–H and O–H groups in total. The molecule has 1 aromatic heterocycles. The van der Waals surface area contributed by atoms with E-state index in [0.29, 0.717) is 0 Å². The number of H-pyrrole nitrogens is 1. The minimum absolute atomic E-state index is 0.0453. The van der Waals surface area contributed by atoms with Crippen LogP contribution in [0.5, 0.6) is 0 Å². The average Bonchev–Trinajstić information content (AvgIpc) is 2.82. The van der Waals surface area contributed by atoms with Crippen LogP contribution in [0.25, 0.3) is 0 Å². The third-order valence-corrected chi connectivity index (χ3v) is 4.14. The highest BCUT2D eigenvalue weighted by molar-refractivity contribution is 7.46. The number of carboxylic acids is 1. The van der Waals surface area contributed by atoms with E-state index in [0.717, 1.165) is 10.8 Å². The Morgan fingerprint density at radius 2 is 2.00 bits per heavy atom. The number of carboxylic acid groups (broad SMARTS) is 1. The predicted octanol–water partition coefficient (Wildman–Crippen LogP) is -3.56. The smallest absolute Gasteiger partial charge is 0.469 e. The summed E-state index contributed by atoms with van der Waals surface area (Å²) in [6, 6.07) is 0. The number of phosphoric acid groups is 1. The van der Waals surface area contributed by atoms with Crippen molar-refractivity contribution in [1.29, 1.82) is 0 Å². The van der Waals surface area contributed by atoms with Crippen LogP contribution in [0.4, 0.5) is 0 Å². The fourth-order valence-electron chi connectivity index (χ4n) is 2.41. The van der Waals surface area contributed by atoms with Crippen molar-refractivity contribution in [3.8, 4) is 0 Å². The van der Waals surface area contributed by atoms with E-state index in [1.807, 2.05) is 4.98 Å². The Hall–Kier alpha value is -1.90. The number of nitrogens with one attached hydrogen (secondary N) is 2. The maximum absolute atomic E-state index is 12.0. The number of rotatable bonds is 8. The summed E-state index contributed by atoms with van der Waals surface area (Å²) in [5, 5.41) is 31.0. The van der Waals surface area contributed by atoms with E-state index in [1.54, 1.807) is 0 Å². The lowest BCUT2D eigenvalue weighted by molar-refractivity contribution is -0.136. The van der Waals surface area contributed by atoms with Crippen molar-refractivity contribution >= 4 is 13.8 Å². The maximum Gasteiger partial charge on any atom is 0.469 e. The monoisotopic (exact) mass is 411 g/mol. The van der Waals surface area contributed by atoms with Crippen molar-refractivity contribution in [3.05, 3.63) is 32.6 Å². The summed E-state index contributed by atoms with van der Waals surface area (Å²) in [5.41, 5.74) is -1.81. The molecule has 1 aliphatic rings. The molecule has 0 aromatic carbocycles. The molecule has 1 saturated heterocycles. The van der Waals surface area contributed by atoms with Gasteiger partial charge in [0.15, 0.2) is 6.23 Å². The molecule has 0 saturated carbocycles. The number of aliphatic carboxylic acids is 1. The first kappa shape index (κ1) is 21.4. The molecule has 0 radical (unpaired) electrons. The summed E-state index contributed by atoms with van der Waals surface area (Å²) in [4.78, 5) is 53.6. The quantitative estimate of drug-likeness (QED) is 0.207. The number of ether oxygens (including phenoxy) is 1. The second-order valence-corrected chi connectivity index (χ2v) is 6.89. The van der Waals surface area contributed by atoms with Crippen molar-refractivity contribution < 1.29 is 43.7 Å². The predicted molar refractivity (Wildman–Crippen MR) is 84.6 cm³/mol. The molecule has 4 atom stereocenters. The van der Waals surface area contributed by atoms with Gasteiger partial charge in [0.25, 0.3) is 5.56 Å². The van der Waals surface area contributed by atoms with Gasteiger partial charge in [-0.1, -0.05) is 0 Å². The number of hydrogen-bond acceptors (Lipinski definition) is 9. The van der Waals surface area contributed by atoms with Crippen LogP contribution in [0.1, 0.15) is 11.8 Å². The summed E-state index contributed by atoms with van der Waals surface area (Å²) < 4.78 is 21.0. The minimum Gasteiger partial charge on any atom is -0.480 e. The Bertz CT molecular complexity index is 846. The highest BCUT2D eigenvalue weighted by atomic mass is 31.2. The molecule has 0 amide bonds. The molecule has 15 heteroatoms. The Kier molecular flexibility index (Phi) is 6.67. The number of aliphatic hydroxyl groups excluding tert-OH is 2. The minimum atomic E-state index is -4.85. The maximum atomic E-state index is 12.0. The lowest BCUT2D eigenvalue weighted by Crippen LogP contribution is -2.39. The average molecular weight is 411 g/mol. The van der Waals surface area contributed by atoms with Crippen LogP contribution in [0.15, 0.2) is 15.8 Å². The molecule has 1 aromatic rings. The van der Waals surface area contributed by atoms with E-state index in [4.69, 9.17) is 19.6 Å². The number of aromatic amines is 1. The van der Waals surface area contributed by atoms with Crippen molar-refractivity contribution in [2.75, 3.05) is 13.2 Å². The molecular weight excluding hydrogens is 393 g/mol. The Morgan fingerprint density at radius 1 is 1.33 bits per heavy atom. The Labute approximate surface area is 150 Å². The third kappa shape index (κ3) is 5.54. The van der Waals surface area contributed by atoms with Gasteiger partial charge in [0, 0.05) is 18.3 Å². The van der Waals surface area contributed by atoms with Crippen molar-refractivity contribution in [3.63, 3.8) is 0 Å². The molecule has 14 nitrogen and oxygen atoms in total. The molecular formula is C12H18N3O11P. The van der Waals surface area contributed by atoms with Crippen LogP contribution in [-0.2, 0) is 25.2 Å². The third-order valence-electron chi connectivity index (χ3n) is 3.65. The van der Waals surface area contributed by atoms with Crippen LogP contribution < -0.4 is 16.6 Å². The molecule has 2 heterocycles. The summed E-state index contributed by atoms with van der Waals surface area (Å²) >= 11 is 0. The number of aliphatic hydroxyl groups is 2. The molecule has 1 fully saturated rings. The zero-order valence-corrected chi connectivity index (χ0v) is 14.5. The first-order valence-electron chi connectivity index (χ1n) is 7.48. The van der Waals surface area contributed by atoms with Gasteiger partial charge in [-0.3, -0.25) is 23.7 Å². The fraction of sp³-hybridized carbons (Fsp3) is 0.583. The molecule has 152 valence electrons. The van der Waals surface area contributed by atoms with Gasteiger partial charge in [-0.2, -0.15) is 0 Å². The van der Waals surface area contributed by atoms with Gasteiger partial charge >= 0.3 is 19.5 Å².